The lowest BCUT2D eigenvalue weighted by Gasteiger charge is -2.31. The van der Waals surface area contributed by atoms with Gasteiger partial charge in [0.15, 0.2) is 0 Å². The molecule has 1 saturated carbocycles. The quantitative estimate of drug-likeness (QED) is 0.870. The molecule has 3 N–H and O–H groups in total. The Hall–Kier alpha value is -0.910. The van der Waals surface area contributed by atoms with Gasteiger partial charge in [0, 0.05) is 12.0 Å². The van der Waals surface area contributed by atoms with E-state index in [1.54, 1.807) is 18.4 Å². The van der Waals surface area contributed by atoms with E-state index in [0.717, 1.165) is 36.1 Å². The Labute approximate surface area is 118 Å². The van der Waals surface area contributed by atoms with Gasteiger partial charge in [0.05, 0.1) is 18.7 Å². The summed E-state index contributed by atoms with van der Waals surface area (Å²) >= 11 is 1.64. The molecule has 1 aliphatic carbocycles. The molecular weight excluding hydrogens is 260 g/mol. The fourth-order valence-electron chi connectivity index (χ4n) is 2.51. The third-order valence-corrected chi connectivity index (χ3v) is 4.63. The van der Waals surface area contributed by atoms with E-state index < -0.39 is 5.54 Å². The maximum atomic E-state index is 12.2. The van der Waals surface area contributed by atoms with Crippen molar-refractivity contribution in [2.75, 3.05) is 7.11 Å². The van der Waals surface area contributed by atoms with Crippen molar-refractivity contribution in [1.29, 1.82) is 0 Å². The summed E-state index contributed by atoms with van der Waals surface area (Å²) in [6.45, 7) is 1.18. The Morgan fingerprint density at radius 1 is 1.47 bits per heavy atom. The molecule has 0 spiro atoms. The van der Waals surface area contributed by atoms with Crippen molar-refractivity contribution < 1.29 is 9.53 Å². The van der Waals surface area contributed by atoms with Gasteiger partial charge in [0.25, 0.3) is 0 Å². The summed E-state index contributed by atoms with van der Waals surface area (Å²) in [6, 6.07) is 2.07. The average Bonchev–Trinajstić information content (AvgIpc) is 2.85. The van der Waals surface area contributed by atoms with Gasteiger partial charge < -0.3 is 15.8 Å². The first-order valence-electron chi connectivity index (χ1n) is 6.76. The highest BCUT2D eigenvalue weighted by Crippen LogP contribution is 2.26. The summed E-state index contributed by atoms with van der Waals surface area (Å²) < 4.78 is 5.08. The van der Waals surface area contributed by atoms with Crippen molar-refractivity contribution in [3.05, 3.63) is 21.9 Å². The summed E-state index contributed by atoms with van der Waals surface area (Å²) in [5.41, 5.74) is 6.69. The SMILES string of the molecule is COCc1csc(CNC(=O)C2(N)CCCCC2)c1. The van der Waals surface area contributed by atoms with E-state index in [4.69, 9.17) is 10.5 Å². The number of hydrogen-bond acceptors (Lipinski definition) is 4. The first-order valence-corrected chi connectivity index (χ1v) is 7.64. The second-order valence-electron chi connectivity index (χ2n) is 5.25. The van der Waals surface area contributed by atoms with Gasteiger partial charge >= 0.3 is 0 Å². The molecule has 1 aromatic rings. The zero-order valence-corrected chi connectivity index (χ0v) is 12.2. The molecule has 5 heteroatoms. The number of rotatable bonds is 5. The van der Waals surface area contributed by atoms with E-state index in [9.17, 15) is 4.79 Å². The summed E-state index contributed by atoms with van der Waals surface area (Å²) in [5, 5.41) is 5.03. The molecule has 1 aromatic heterocycles. The molecule has 0 saturated heterocycles. The van der Waals surface area contributed by atoms with E-state index in [0.29, 0.717) is 13.2 Å². The minimum atomic E-state index is -0.648. The minimum Gasteiger partial charge on any atom is -0.380 e. The Balaban J connectivity index is 1.85. The van der Waals surface area contributed by atoms with Crippen LogP contribution < -0.4 is 11.1 Å². The second-order valence-corrected chi connectivity index (χ2v) is 6.25. The van der Waals surface area contributed by atoms with Gasteiger partial charge in [-0.2, -0.15) is 0 Å². The zero-order chi connectivity index (χ0) is 13.7. The highest BCUT2D eigenvalue weighted by Gasteiger charge is 2.34. The molecule has 4 nitrogen and oxygen atoms in total. The van der Waals surface area contributed by atoms with Crippen molar-refractivity contribution in [2.24, 2.45) is 5.73 Å². The van der Waals surface area contributed by atoms with E-state index in [1.165, 1.54) is 6.42 Å². The van der Waals surface area contributed by atoms with Gasteiger partial charge in [-0.3, -0.25) is 4.79 Å². The van der Waals surface area contributed by atoms with Gasteiger partial charge in [-0.25, -0.2) is 0 Å². The van der Waals surface area contributed by atoms with Gasteiger partial charge in [0.2, 0.25) is 5.91 Å². The predicted molar refractivity (Wildman–Crippen MR) is 76.9 cm³/mol. The monoisotopic (exact) mass is 282 g/mol. The molecule has 0 unspecified atom stereocenters. The van der Waals surface area contributed by atoms with Crippen LogP contribution in [-0.2, 0) is 22.7 Å². The highest BCUT2D eigenvalue weighted by atomic mass is 32.1. The minimum absolute atomic E-state index is 0.00566. The first kappa shape index (κ1) is 14.5. The lowest BCUT2D eigenvalue weighted by Crippen LogP contribution is -2.54. The van der Waals surface area contributed by atoms with Crippen LogP contribution in [-0.4, -0.2) is 18.6 Å². The van der Waals surface area contributed by atoms with E-state index in [1.807, 2.05) is 0 Å². The summed E-state index contributed by atoms with van der Waals surface area (Å²) in [7, 11) is 1.68. The summed E-state index contributed by atoms with van der Waals surface area (Å²) in [6.07, 6.45) is 4.91. The Kier molecular flexibility index (Phi) is 4.96. The first-order chi connectivity index (χ1) is 9.14. The smallest absolute Gasteiger partial charge is 0.240 e. The van der Waals surface area contributed by atoms with Gasteiger partial charge in [-0.15, -0.1) is 11.3 Å². The molecule has 0 aliphatic heterocycles. The fraction of sp³-hybridized carbons (Fsp3) is 0.643. The van der Waals surface area contributed by atoms with Crippen LogP contribution in [0.5, 0.6) is 0 Å². The summed E-state index contributed by atoms with van der Waals surface area (Å²) in [4.78, 5) is 13.3. The third kappa shape index (κ3) is 3.78. The highest BCUT2D eigenvalue weighted by molar-refractivity contribution is 7.10. The molecule has 0 aromatic carbocycles. The molecule has 1 fully saturated rings. The maximum absolute atomic E-state index is 12.2. The van der Waals surface area contributed by atoms with Crippen LogP contribution in [0.1, 0.15) is 42.5 Å². The van der Waals surface area contributed by atoms with Crippen molar-refractivity contribution in [2.45, 2.75) is 50.8 Å². The topological polar surface area (TPSA) is 64.3 Å². The second kappa shape index (κ2) is 6.50. The van der Waals surface area contributed by atoms with Crippen LogP contribution in [0.4, 0.5) is 0 Å². The van der Waals surface area contributed by atoms with Crippen LogP contribution in [0.15, 0.2) is 11.4 Å². The Morgan fingerprint density at radius 2 is 2.21 bits per heavy atom. The maximum Gasteiger partial charge on any atom is 0.240 e. The molecule has 106 valence electrons. The lowest BCUT2D eigenvalue weighted by molar-refractivity contribution is -0.127. The molecule has 0 radical (unpaired) electrons. The number of carbonyl (C=O) groups is 1. The Morgan fingerprint density at radius 3 is 2.89 bits per heavy atom. The fourth-order valence-corrected chi connectivity index (χ4v) is 3.33. The molecule has 19 heavy (non-hydrogen) atoms. The molecule has 1 amide bonds. The zero-order valence-electron chi connectivity index (χ0n) is 11.4. The molecule has 0 atom stereocenters. The molecular formula is C14H22N2O2S. The van der Waals surface area contributed by atoms with Crippen LogP contribution in [0.25, 0.3) is 0 Å². The standard InChI is InChI=1S/C14H22N2O2S/c1-18-9-11-7-12(19-10-11)8-16-13(17)14(15)5-3-2-4-6-14/h7,10H,2-6,8-9,15H2,1H3,(H,16,17). The van der Waals surface area contributed by atoms with Crippen LogP contribution in [0, 0.1) is 0 Å². The predicted octanol–water partition coefficient (Wildman–Crippen LogP) is 2.17. The molecule has 0 bridgehead atoms. The van der Waals surface area contributed by atoms with Crippen molar-refractivity contribution in [3.8, 4) is 0 Å². The van der Waals surface area contributed by atoms with E-state index in [2.05, 4.69) is 16.8 Å². The van der Waals surface area contributed by atoms with Crippen LogP contribution >= 0.6 is 11.3 Å². The average molecular weight is 282 g/mol. The molecule has 2 rings (SSSR count). The lowest BCUT2D eigenvalue weighted by atomic mass is 9.82. The number of amides is 1. The van der Waals surface area contributed by atoms with Crippen molar-refractivity contribution in [1.82, 2.24) is 5.32 Å². The number of carbonyl (C=O) groups excluding carboxylic acids is 1. The molecule has 1 heterocycles. The van der Waals surface area contributed by atoms with Crippen molar-refractivity contribution in [3.63, 3.8) is 0 Å². The molecule has 1 aliphatic rings. The largest absolute Gasteiger partial charge is 0.380 e. The van der Waals surface area contributed by atoms with Crippen molar-refractivity contribution >= 4 is 17.2 Å². The Bertz CT molecular complexity index is 425. The van der Waals surface area contributed by atoms with Gasteiger partial charge in [0.1, 0.15) is 0 Å². The van der Waals surface area contributed by atoms with Crippen LogP contribution in [0.2, 0.25) is 0 Å². The number of hydrogen-bond donors (Lipinski definition) is 2. The van der Waals surface area contributed by atoms with Crippen LogP contribution in [0.3, 0.4) is 0 Å². The number of methoxy groups -OCH3 is 1. The summed E-state index contributed by atoms with van der Waals surface area (Å²) in [5.74, 6) is -0.00566. The number of nitrogens with one attached hydrogen (secondary N) is 1. The number of thiophene rings is 1. The third-order valence-electron chi connectivity index (χ3n) is 3.64. The van der Waals surface area contributed by atoms with E-state index >= 15 is 0 Å². The van der Waals surface area contributed by atoms with E-state index in [-0.39, 0.29) is 5.91 Å². The number of nitrogens with two attached hydrogens (primary N) is 1. The van der Waals surface area contributed by atoms with Gasteiger partial charge in [-0.05, 0) is 29.9 Å². The normalized spacial score (nSPS) is 18.2. The van der Waals surface area contributed by atoms with Gasteiger partial charge in [-0.1, -0.05) is 19.3 Å². The number of ether oxygens (including phenoxy) is 1.